The van der Waals surface area contributed by atoms with Crippen LogP contribution in [0.25, 0.3) is 0 Å². The van der Waals surface area contributed by atoms with Crippen LogP contribution in [-0.4, -0.2) is 5.85 Å². The predicted molar refractivity (Wildman–Crippen MR) is 53.5 cm³/mol. The van der Waals surface area contributed by atoms with Gasteiger partial charge in [0.2, 0.25) is 5.82 Å². The number of rotatable bonds is 2. The van der Waals surface area contributed by atoms with Crippen LogP contribution in [0.4, 0.5) is 17.6 Å². The minimum absolute atomic E-state index is 0.525. The van der Waals surface area contributed by atoms with Crippen molar-refractivity contribution >= 4 is 0 Å². The fraction of sp³-hybridized carbons (Fsp3) is 0.0833. The number of allylic oxidation sites excluding steroid dienone is 2. The van der Waals surface area contributed by atoms with E-state index in [9.17, 15) is 17.6 Å². The van der Waals surface area contributed by atoms with Gasteiger partial charge in [0.15, 0.2) is 11.6 Å². The first-order valence-electron chi connectivity index (χ1n) is 4.73. The maximum atomic E-state index is 13.9. The second-order valence-corrected chi connectivity index (χ2v) is 3.41. The van der Waals surface area contributed by atoms with Crippen LogP contribution in [0.15, 0.2) is 42.3 Å². The Morgan fingerprint density at radius 2 is 1.88 bits per heavy atom. The molecule has 89 valence electrons. The van der Waals surface area contributed by atoms with E-state index in [1.165, 1.54) is 0 Å². The molecule has 17 heavy (non-hydrogen) atoms. The Labute approximate surface area is 95.0 Å². The van der Waals surface area contributed by atoms with Crippen molar-refractivity contribution in [1.29, 1.82) is 0 Å². The SMILES string of the molecule is FC1=CC(F)(Oc2cccc(F)c2F)C=C[CH]1. The highest BCUT2D eigenvalue weighted by molar-refractivity contribution is 5.32. The zero-order valence-corrected chi connectivity index (χ0v) is 8.46. The van der Waals surface area contributed by atoms with Crippen molar-refractivity contribution in [3.63, 3.8) is 0 Å². The molecule has 1 aromatic carbocycles. The molecule has 0 saturated heterocycles. The molecule has 0 heterocycles. The molecule has 1 aliphatic rings. The third-order valence-electron chi connectivity index (χ3n) is 2.10. The third-order valence-corrected chi connectivity index (χ3v) is 2.10. The lowest BCUT2D eigenvalue weighted by atomic mass is 10.1. The fourth-order valence-corrected chi connectivity index (χ4v) is 1.35. The van der Waals surface area contributed by atoms with Gasteiger partial charge in [-0.25, -0.2) is 8.78 Å². The molecule has 1 aromatic rings. The smallest absolute Gasteiger partial charge is 0.289 e. The molecule has 0 bridgehead atoms. The number of halogens is 4. The summed E-state index contributed by atoms with van der Waals surface area (Å²) in [4.78, 5) is 0. The summed E-state index contributed by atoms with van der Waals surface area (Å²) in [7, 11) is 0. The number of hydrogen-bond donors (Lipinski definition) is 0. The number of alkyl halides is 1. The number of benzene rings is 1. The molecule has 1 nitrogen and oxygen atoms in total. The molecule has 0 spiro atoms. The van der Waals surface area contributed by atoms with Crippen molar-refractivity contribution in [3.8, 4) is 5.75 Å². The first-order valence-corrected chi connectivity index (χ1v) is 4.73. The molecule has 0 aliphatic heterocycles. The van der Waals surface area contributed by atoms with E-state index >= 15 is 0 Å². The summed E-state index contributed by atoms with van der Waals surface area (Å²) < 4.78 is 57.4. The maximum Gasteiger partial charge on any atom is 0.289 e. The van der Waals surface area contributed by atoms with Gasteiger partial charge in [-0.2, -0.15) is 8.78 Å². The van der Waals surface area contributed by atoms with E-state index in [0.29, 0.717) is 6.08 Å². The second-order valence-electron chi connectivity index (χ2n) is 3.41. The van der Waals surface area contributed by atoms with Crippen molar-refractivity contribution in [1.82, 2.24) is 0 Å². The highest BCUT2D eigenvalue weighted by atomic mass is 19.2. The number of hydrogen-bond acceptors (Lipinski definition) is 1. The molecule has 0 saturated carbocycles. The zero-order chi connectivity index (χ0) is 12.5. The van der Waals surface area contributed by atoms with Crippen LogP contribution in [0.5, 0.6) is 5.75 Å². The highest BCUT2D eigenvalue weighted by Crippen LogP contribution is 2.30. The Kier molecular flexibility index (Phi) is 2.92. The molecule has 2 rings (SSSR count). The van der Waals surface area contributed by atoms with Crippen LogP contribution < -0.4 is 4.74 Å². The van der Waals surface area contributed by atoms with E-state index in [1.807, 2.05) is 0 Å². The number of ether oxygens (including phenoxy) is 1. The maximum absolute atomic E-state index is 13.9. The topological polar surface area (TPSA) is 9.23 Å². The van der Waals surface area contributed by atoms with Gasteiger partial charge in [-0.3, -0.25) is 0 Å². The van der Waals surface area contributed by atoms with Crippen LogP contribution in [0.2, 0.25) is 0 Å². The molecular weight excluding hydrogens is 236 g/mol. The first-order chi connectivity index (χ1) is 8.00. The standard InChI is InChI=1S/C12H7F4O/c13-8-3-2-6-12(16,7-8)17-10-5-1-4-9(14)11(10)15/h1-7H. The van der Waals surface area contributed by atoms with Crippen LogP contribution in [-0.2, 0) is 0 Å². The van der Waals surface area contributed by atoms with Gasteiger partial charge in [0.1, 0.15) is 5.83 Å². The Balaban J connectivity index is 2.29. The van der Waals surface area contributed by atoms with Crippen molar-refractivity contribution in [2.75, 3.05) is 0 Å². The van der Waals surface area contributed by atoms with Gasteiger partial charge in [0, 0.05) is 12.5 Å². The van der Waals surface area contributed by atoms with Gasteiger partial charge in [0.25, 0.3) is 5.85 Å². The molecule has 1 radical (unpaired) electrons. The minimum atomic E-state index is -2.62. The van der Waals surface area contributed by atoms with Gasteiger partial charge in [0.05, 0.1) is 0 Å². The predicted octanol–water partition coefficient (Wildman–Crippen LogP) is 3.64. The highest BCUT2D eigenvalue weighted by Gasteiger charge is 2.30. The summed E-state index contributed by atoms with van der Waals surface area (Å²) in [6, 6.07) is 3.08. The minimum Gasteiger partial charge on any atom is -0.447 e. The van der Waals surface area contributed by atoms with Gasteiger partial charge >= 0.3 is 0 Å². The van der Waals surface area contributed by atoms with Crippen LogP contribution in [0, 0.1) is 18.1 Å². The van der Waals surface area contributed by atoms with Crippen molar-refractivity contribution in [2.45, 2.75) is 5.85 Å². The molecule has 1 aliphatic carbocycles. The molecule has 1 atom stereocenters. The summed E-state index contributed by atoms with van der Waals surface area (Å²) in [6.45, 7) is 0. The summed E-state index contributed by atoms with van der Waals surface area (Å²) in [5, 5.41) is 0. The molecule has 5 heteroatoms. The molecule has 0 fully saturated rings. The average molecular weight is 243 g/mol. The normalized spacial score (nSPS) is 23.4. The summed E-state index contributed by atoms with van der Waals surface area (Å²) in [5.74, 6) is -6.58. The molecule has 0 amide bonds. The zero-order valence-electron chi connectivity index (χ0n) is 8.46. The summed E-state index contributed by atoms with van der Waals surface area (Å²) in [6.07, 6.45) is 3.52. The fourth-order valence-electron chi connectivity index (χ4n) is 1.35. The van der Waals surface area contributed by atoms with Crippen molar-refractivity contribution < 1.29 is 22.3 Å². The van der Waals surface area contributed by atoms with Crippen molar-refractivity contribution in [3.05, 3.63) is 60.3 Å². The van der Waals surface area contributed by atoms with E-state index in [0.717, 1.165) is 36.8 Å². The van der Waals surface area contributed by atoms with E-state index < -0.39 is 29.1 Å². The van der Waals surface area contributed by atoms with Gasteiger partial charge < -0.3 is 4.74 Å². The second kappa shape index (κ2) is 4.24. The Hall–Kier alpha value is -1.78. The summed E-state index contributed by atoms with van der Waals surface area (Å²) in [5.41, 5.74) is 0. The van der Waals surface area contributed by atoms with Crippen LogP contribution in [0.1, 0.15) is 0 Å². The lowest BCUT2D eigenvalue weighted by molar-refractivity contribution is 0.0257. The largest absolute Gasteiger partial charge is 0.447 e. The quantitative estimate of drug-likeness (QED) is 0.720. The van der Waals surface area contributed by atoms with E-state index in [1.54, 1.807) is 0 Å². The molecule has 0 N–H and O–H groups in total. The van der Waals surface area contributed by atoms with E-state index in [2.05, 4.69) is 4.74 Å². The Morgan fingerprint density at radius 3 is 2.59 bits per heavy atom. The monoisotopic (exact) mass is 243 g/mol. The van der Waals surface area contributed by atoms with Gasteiger partial charge in [-0.1, -0.05) is 12.1 Å². The summed E-state index contributed by atoms with van der Waals surface area (Å²) >= 11 is 0. The average Bonchev–Trinajstić information content (AvgIpc) is 2.24. The Morgan fingerprint density at radius 1 is 1.12 bits per heavy atom. The van der Waals surface area contributed by atoms with Gasteiger partial charge in [-0.15, -0.1) is 0 Å². The van der Waals surface area contributed by atoms with Gasteiger partial charge in [-0.05, 0) is 18.2 Å². The van der Waals surface area contributed by atoms with E-state index in [4.69, 9.17) is 0 Å². The van der Waals surface area contributed by atoms with Crippen molar-refractivity contribution in [2.24, 2.45) is 0 Å². The van der Waals surface area contributed by atoms with Crippen LogP contribution in [0.3, 0.4) is 0 Å². The molecule has 0 aromatic heterocycles. The first kappa shape index (κ1) is 11.7. The molecule has 1 unspecified atom stereocenters. The van der Waals surface area contributed by atoms with Crippen LogP contribution >= 0.6 is 0 Å². The Bertz CT molecular complexity index is 495. The van der Waals surface area contributed by atoms with E-state index in [-0.39, 0.29) is 0 Å². The molecular formula is C12H7F4O. The lowest BCUT2D eigenvalue weighted by Crippen LogP contribution is -2.27. The third kappa shape index (κ3) is 2.49. The lowest BCUT2D eigenvalue weighted by Gasteiger charge is -2.22.